The Kier molecular flexibility index (Phi) is 4.94. The van der Waals surface area contributed by atoms with Crippen molar-refractivity contribution in [3.8, 4) is 0 Å². The molecule has 2 heterocycles. The van der Waals surface area contributed by atoms with E-state index in [-0.39, 0.29) is 5.91 Å². The van der Waals surface area contributed by atoms with E-state index >= 15 is 0 Å². The fourth-order valence-electron chi connectivity index (χ4n) is 3.34. The molecule has 0 aromatic heterocycles. The molecule has 3 rings (SSSR count). The lowest BCUT2D eigenvalue weighted by Gasteiger charge is -2.36. The van der Waals surface area contributed by atoms with Crippen LogP contribution >= 0.6 is 0 Å². The van der Waals surface area contributed by atoms with Gasteiger partial charge in [-0.15, -0.1) is 0 Å². The standard InChI is InChI=1S/C17H25N3O3S/c1-14-5-6-15(2)16(13-14)17(21)18-9-11-20(12-10-18)24(22,23)19-7-3-4-8-19/h5-6,13H,3-4,7-12H2,1-2H3. The van der Waals surface area contributed by atoms with Crippen LogP contribution in [0.4, 0.5) is 0 Å². The number of carbonyl (C=O) groups is 1. The molecule has 1 aromatic carbocycles. The van der Waals surface area contributed by atoms with Gasteiger partial charge < -0.3 is 4.90 Å². The van der Waals surface area contributed by atoms with E-state index in [1.165, 1.54) is 4.31 Å². The third-order valence-electron chi connectivity index (χ3n) is 4.87. The largest absolute Gasteiger partial charge is 0.336 e. The first kappa shape index (κ1) is 17.4. The van der Waals surface area contributed by atoms with Gasteiger partial charge in [0.1, 0.15) is 0 Å². The van der Waals surface area contributed by atoms with Crippen molar-refractivity contribution in [1.82, 2.24) is 13.5 Å². The number of piperazine rings is 1. The van der Waals surface area contributed by atoms with Crippen LogP contribution in [0.15, 0.2) is 18.2 Å². The molecule has 0 N–H and O–H groups in total. The highest BCUT2D eigenvalue weighted by Gasteiger charge is 2.34. The summed E-state index contributed by atoms with van der Waals surface area (Å²) in [6.45, 7) is 6.76. The number of rotatable bonds is 3. The summed E-state index contributed by atoms with van der Waals surface area (Å²) in [5.41, 5.74) is 2.72. The van der Waals surface area contributed by atoms with Gasteiger partial charge in [-0.25, -0.2) is 0 Å². The highest BCUT2D eigenvalue weighted by Crippen LogP contribution is 2.20. The SMILES string of the molecule is Cc1ccc(C)c(C(=O)N2CCN(S(=O)(=O)N3CCCC3)CC2)c1. The molecule has 2 aliphatic rings. The molecular formula is C17H25N3O3S. The lowest BCUT2D eigenvalue weighted by molar-refractivity contribution is 0.0693. The molecular weight excluding hydrogens is 326 g/mol. The quantitative estimate of drug-likeness (QED) is 0.827. The minimum absolute atomic E-state index is 0.00517. The van der Waals surface area contributed by atoms with E-state index < -0.39 is 10.2 Å². The predicted molar refractivity (Wildman–Crippen MR) is 93.1 cm³/mol. The molecule has 0 bridgehead atoms. The Labute approximate surface area is 144 Å². The normalized spacial score (nSPS) is 20.5. The number of hydrogen-bond donors (Lipinski definition) is 0. The van der Waals surface area contributed by atoms with Crippen LogP contribution < -0.4 is 0 Å². The fraction of sp³-hybridized carbons (Fsp3) is 0.588. The average molecular weight is 351 g/mol. The third-order valence-corrected chi connectivity index (χ3v) is 6.90. The van der Waals surface area contributed by atoms with Crippen LogP contribution in [0.25, 0.3) is 0 Å². The summed E-state index contributed by atoms with van der Waals surface area (Å²) in [5.74, 6) is -0.00517. The Bertz CT molecular complexity index is 719. The zero-order chi connectivity index (χ0) is 17.3. The van der Waals surface area contributed by atoms with Crippen molar-refractivity contribution in [2.45, 2.75) is 26.7 Å². The molecule has 0 radical (unpaired) electrons. The molecule has 2 aliphatic heterocycles. The maximum Gasteiger partial charge on any atom is 0.282 e. The van der Waals surface area contributed by atoms with Crippen LogP contribution in [-0.2, 0) is 10.2 Å². The van der Waals surface area contributed by atoms with Crippen molar-refractivity contribution in [3.05, 3.63) is 34.9 Å². The van der Waals surface area contributed by atoms with Gasteiger partial charge in [-0.2, -0.15) is 17.0 Å². The van der Waals surface area contributed by atoms with E-state index in [4.69, 9.17) is 0 Å². The molecule has 0 spiro atoms. The van der Waals surface area contributed by atoms with Gasteiger partial charge in [0, 0.05) is 44.8 Å². The lowest BCUT2D eigenvalue weighted by atomic mass is 10.0. The number of aryl methyl sites for hydroxylation is 2. The van der Waals surface area contributed by atoms with E-state index in [2.05, 4.69) is 0 Å². The summed E-state index contributed by atoms with van der Waals surface area (Å²) >= 11 is 0. The van der Waals surface area contributed by atoms with Crippen LogP contribution in [0.5, 0.6) is 0 Å². The molecule has 2 saturated heterocycles. The topological polar surface area (TPSA) is 60.9 Å². The molecule has 0 aliphatic carbocycles. The van der Waals surface area contributed by atoms with Crippen molar-refractivity contribution in [3.63, 3.8) is 0 Å². The molecule has 1 aromatic rings. The van der Waals surface area contributed by atoms with Crippen molar-refractivity contribution >= 4 is 16.1 Å². The van der Waals surface area contributed by atoms with Gasteiger partial charge in [-0.05, 0) is 38.3 Å². The molecule has 0 unspecified atom stereocenters. The third kappa shape index (κ3) is 3.34. The maximum atomic E-state index is 12.7. The Morgan fingerprint density at radius 2 is 1.50 bits per heavy atom. The Balaban J connectivity index is 1.66. The maximum absolute atomic E-state index is 12.7. The van der Waals surface area contributed by atoms with E-state index in [1.807, 2.05) is 32.0 Å². The van der Waals surface area contributed by atoms with Gasteiger partial charge in [-0.3, -0.25) is 4.79 Å². The van der Waals surface area contributed by atoms with Crippen molar-refractivity contribution in [2.75, 3.05) is 39.3 Å². The van der Waals surface area contributed by atoms with Crippen LogP contribution in [0.1, 0.15) is 34.3 Å². The van der Waals surface area contributed by atoms with Crippen LogP contribution in [0.3, 0.4) is 0 Å². The lowest BCUT2D eigenvalue weighted by Crippen LogP contribution is -2.53. The second kappa shape index (κ2) is 6.82. The first-order valence-corrected chi connectivity index (χ1v) is 9.91. The smallest absolute Gasteiger partial charge is 0.282 e. The summed E-state index contributed by atoms with van der Waals surface area (Å²) in [6.07, 6.45) is 1.87. The second-order valence-electron chi connectivity index (χ2n) is 6.62. The molecule has 1 amide bonds. The molecule has 24 heavy (non-hydrogen) atoms. The van der Waals surface area contributed by atoms with Crippen LogP contribution in [0, 0.1) is 13.8 Å². The fourth-order valence-corrected chi connectivity index (χ4v) is 5.01. The molecule has 0 atom stereocenters. The number of carbonyl (C=O) groups excluding carboxylic acids is 1. The van der Waals surface area contributed by atoms with Gasteiger partial charge in [0.2, 0.25) is 0 Å². The Hall–Kier alpha value is -1.44. The summed E-state index contributed by atoms with van der Waals surface area (Å²) in [5, 5.41) is 0. The van der Waals surface area contributed by atoms with E-state index in [0.29, 0.717) is 44.8 Å². The monoisotopic (exact) mass is 351 g/mol. The second-order valence-corrected chi connectivity index (χ2v) is 8.55. The molecule has 0 saturated carbocycles. The van der Waals surface area contributed by atoms with Crippen molar-refractivity contribution in [1.29, 1.82) is 0 Å². The van der Waals surface area contributed by atoms with Crippen molar-refractivity contribution < 1.29 is 13.2 Å². The molecule has 2 fully saturated rings. The van der Waals surface area contributed by atoms with Gasteiger partial charge in [0.15, 0.2) is 0 Å². The minimum Gasteiger partial charge on any atom is -0.336 e. The first-order chi connectivity index (χ1) is 11.4. The number of hydrogen-bond acceptors (Lipinski definition) is 3. The van der Waals surface area contributed by atoms with Gasteiger partial charge in [0.05, 0.1) is 0 Å². The van der Waals surface area contributed by atoms with Crippen LogP contribution in [-0.4, -0.2) is 67.1 Å². The zero-order valence-electron chi connectivity index (χ0n) is 14.4. The zero-order valence-corrected chi connectivity index (χ0v) is 15.2. The number of nitrogens with zero attached hydrogens (tertiary/aromatic N) is 3. The van der Waals surface area contributed by atoms with Gasteiger partial charge in [0.25, 0.3) is 16.1 Å². The minimum atomic E-state index is -3.36. The Morgan fingerprint density at radius 3 is 2.12 bits per heavy atom. The number of benzene rings is 1. The van der Waals surface area contributed by atoms with Gasteiger partial charge >= 0.3 is 0 Å². The molecule has 6 nitrogen and oxygen atoms in total. The number of amides is 1. The summed E-state index contributed by atoms with van der Waals surface area (Å²) in [6, 6.07) is 5.86. The molecule has 7 heteroatoms. The summed E-state index contributed by atoms with van der Waals surface area (Å²) in [7, 11) is -3.36. The highest BCUT2D eigenvalue weighted by atomic mass is 32.2. The van der Waals surface area contributed by atoms with Crippen molar-refractivity contribution in [2.24, 2.45) is 0 Å². The first-order valence-electron chi connectivity index (χ1n) is 8.51. The van der Waals surface area contributed by atoms with Crippen LogP contribution in [0.2, 0.25) is 0 Å². The van der Waals surface area contributed by atoms with Gasteiger partial charge in [-0.1, -0.05) is 17.7 Å². The predicted octanol–water partition coefficient (Wildman–Crippen LogP) is 1.40. The van der Waals surface area contributed by atoms with E-state index in [1.54, 1.807) is 9.21 Å². The van der Waals surface area contributed by atoms with E-state index in [9.17, 15) is 13.2 Å². The Morgan fingerprint density at radius 1 is 0.917 bits per heavy atom. The van der Waals surface area contributed by atoms with E-state index in [0.717, 1.165) is 24.0 Å². The summed E-state index contributed by atoms with van der Waals surface area (Å²) in [4.78, 5) is 14.5. The highest BCUT2D eigenvalue weighted by molar-refractivity contribution is 7.86. The molecule has 132 valence electrons. The summed E-state index contributed by atoms with van der Waals surface area (Å²) < 4.78 is 28.2. The average Bonchev–Trinajstić information content (AvgIpc) is 3.12.